The molecule has 0 aromatic heterocycles. The van der Waals surface area contributed by atoms with Gasteiger partial charge in [-0.15, -0.1) is 0 Å². The van der Waals surface area contributed by atoms with Crippen LogP contribution >= 0.6 is 0 Å². The van der Waals surface area contributed by atoms with Crippen LogP contribution in [-0.4, -0.2) is 17.6 Å². The van der Waals surface area contributed by atoms with Crippen LogP contribution in [-0.2, 0) is 11.2 Å². The van der Waals surface area contributed by atoms with Gasteiger partial charge in [0.25, 0.3) is 0 Å². The molecule has 1 amide bonds. The fourth-order valence-corrected chi connectivity index (χ4v) is 2.06. The molecular formula is C17H19NO2. The fourth-order valence-electron chi connectivity index (χ4n) is 2.06. The zero-order valence-electron chi connectivity index (χ0n) is 11.4. The van der Waals surface area contributed by atoms with E-state index in [1.807, 2.05) is 42.5 Å². The second-order valence-electron chi connectivity index (χ2n) is 4.69. The first-order valence-electron chi connectivity index (χ1n) is 6.82. The molecule has 0 spiro atoms. The summed E-state index contributed by atoms with van der Waals surface area (Å²) in [5.41, 5.74) is 3.15. The molecule has 0 aliphatic heterocycles. The Morgan fingerprint density at radius 1 is 1.00 bits per heavy atom. The summed E-state index contributed by atoms with van der Waals surface area (Å²) in [7, 11) is 0. The second kappa shape index (κ2) is 7.46. The van der Waals surface area contributed by atoms with E-state index in [0.29, 0.717) is 12.8 Å². The number of benzene rings is 2. The monoisotopic (exact) mass is 269 g/mol. The van der Waals surface area contributed by atoms with Crippen molar-refractivity contribution in [2.24, 2.45) is 0 Å². The lowest BCUT2D eigenvalue weighted by atomic mass is 10.0. The van der Waals surface area contributed by atoms with E-state index in [9.17, 15) is 4.79 Å². The maximum Gasteiger partial charge on any atom is 0.224 e. The highest BCUT2D eigenvalue weighted by Crippen LogP contribution is 2.19. The van der Waals surface area contributed by atoms with Crippen LogP contribution in [0, 0.1) is 0 Å². The van der Waals surface area contributed by atoms with Gasteiger partial charge in [-0.3, -0.25) is 4.79 Å². The average Bonchev–Trinajstić information content (AvgIpc) is 2.48. The topological polar surface area (TPSA) is 49.3 Å². The molecule has 0 saturated heterocycles. The van der Waals surface area contributed by atoms with Crippen molar-refractivity contribution in [1.29, 1.82) is 0 Å². The van der Waals surface area contributed by atoms with E-state index >= 15 is 0 Å². The first kappa shape index (κ1) is 14.3. The Bertz CT molecular complexity index is 552. The second-order valence-corrected chi connectivity index (χ2v) is 4.69. The molecule has 0 fully saturated rings. The van der Waals surface area contributed by atoms with Crippen LogP contribution in [0.15, 0.2) is 54.6 Å². The number of carbonyl (C=O) groups excluding carboxylic acids is 1. The zero-order chi connectivity index (χ0) is 14.2. The van der Waals surface area contributed by atoms with Crippen LogP contribution in [0.3, 0.4) is 0 Å². The van der Waals surface area contributed by atoms with E-state index in [2.05, 4.69) is 17.4 Å². The summed E-state index contributed by atoms with van der Waals surface area (Å²) < 4.78 is 0. The molecular weight excluding hydrogens is 250 g/mol. The van der Waals surface area contributed by atoms with Gasteiger partial charge in [0, 0.05) is 18.7 Å². The van der Waals surface area contributed by atoms with E-state index < -0.39 is 0 Å². The number of rotatable bonds is 6. The molecule has 0 unspecified atom stereocenters. The van der Waals surface area contributed by atoms with Crippen molar-refractivity contribution in [3.63, 3.8) is 0 Å². The molecule has 20 heavy (non-hydrogen) atoms. The summed E-state index contributed by atoms with van der Waals surface area (Å²) in [5.74, 6) is -0.0560. The molecule has 0 aliphatic rings. The summed E-state index contributed by atoms with van der Waals surface area (Å²) in [6.07, 6.45) is 1.63. The minimum Gasteiger partial charge on any atom is -0.396 e. The van der Waals surface area contributed by atoms with Gasteiger partial charge in [-0.25, -0.2) is 0 Å². The van der Waals surface area contributed by atoms with Gasteiger partial charge in [0.15, 0.2) is 0 Å². The van der Waals surface area contributed by atoms with Crippen LogP contribution in [0.5, 0.6) is 0 Å². The number of amides is 1. The van der Waals surface area contributed by atoms with Crippen molar-refractivity contribution in [2.75, 3.05) is 11.9 Å². The summed E-state index contributed by atoms with van der Waals surface area (Å²) in [5, 5.41) is 11.7. The molecule has 2 rings (SSSR count). The molecule has 0 bridgehead atoms. The maximum atomic E-state index is 11.8. The predicted octanol–water partition coefficient (Wildman–Crippen LogP) is 2.99. The third kappa shape index (κ3) is 4.21. The molecule has 2 aromatic carbocycles. The van der Waals surface area contributed by atoms with E-state index in [-0.39, 0.29) is 12.5 Å². The van der Waals surface area contributed by atoms with Gasteiger partial charge in [0.05, 0.1) is 0 Å². The summed E-state index contributed by atoms with van der Waals surface area (Å²) in [6, 6.07) is 18.0. The lowest BCUT2D eigenvalue weighted by molar-refractivity contribution is -0.116. The normalized spacial score (nSPS) is 10.2. The summed E-state index contributed by atoms with van der Waals surface area (Å²) >= 11 is 0. The molecule has 0 saturated carbocycles. The Hall–Kier alpha value is -2.13. The van der Waals surface area contributed by atoms with Crippen LogP contribution in [0.2, 0.25) is 0 Å². The Labute approximate surface area is 119 Å². The number of hydrogen-bond acceptors (Lipinski definition) is 2. The summed E-state index contributed by atoms with van der Waals surface area (Å²) in [4.78, 5) is 11.8. The van der Waals surface area contributed by atoms with Gasteiger partial charge in [-0.05, 0) is 30.0 Å². The Morgan fingerprint density at radius 2 is 1.70 bits per heavy atom. The Balaban J connectivity index is 2.08. The number of nitrogens with one attached hydrogen (secondary N) is 1. The van der Waals surface area contributed by atoms with Crippen molar-refractivity contribution < 1.29 is 9.90 Å². The lowest BCUT2D eigenvalue weighted by Gasteiger charge is -2.11. The number of anilines is 1. The number of aliphatic hydroxyl groups is 1. The van der Waals surface area contributed by atoms with Crippen LogP contribution in [0.4, 0.5) is 5.69 Å². The molecule has 3 nitrogen and oxygen atoms in total. The molecule has 0 aliphatic carbocycles. The molecule has 3 heteroatoms. The van der Waals surface area contributed by atoms with E-state index in [0.717, 1.165) is 17.7 Å². The van der Waals surface area contributed by atoms with Crippen molar-refractivity contribution in [3.8, 4) is 0 Å². The summed E-state index contributed by atoms with van der Waals surface area (Å²) in [6.45, 7) is 0.0408. The van der Waals surface area contributed by atoms with Gasteiger partial charge in [0.1, 0.15) is 0 Å². The zero-order valence-corrected chi connectivity index (χ0v) is 11.4. The SMILES string of the molecule is O=C(CCCO)Nc1ccccc1Cc1ccccc1. The smallest absolute Gasteiger partial charge is 0.224 e. The van der Waals surface area contributed by atoms with Crippen molar-refractivity contribution in [1.82, 2.24) is 0 Å². The van der Waals surface area contributed by atoms with E-state index in [1.165, 1.54) is 5.56 Å². The minimum absolute atomic E-state index is 0.0408. The van der Waals surface area contributed by atoms with Gasteiger partial charge in [0.2, 0.25) is 5.91 Å². The quantitative estimate of drug-likeness (QED) is 0.847. The highest BCUT2D eigenvalue weighted by atomic mass is 16.3. The molecule has 0 heterocycles. The van der Waals surface area contributed by atoms with Crippen molar-refractivity contribution in [2.45, 2.75) is 19.3 Å². The average molecular weight is 269 g/mol. The lowest BCUT2D eigenvalue weighted by Crippen LogP contribution is -2.13. The van der Waals surface area contributed by atoms with Crippen molar-refractivity contribution in [3.05, 3.63) is 65.7 Å². The van der Waals surface area contributed by atoms with Crippen molar-refractivity contribution >= 4 is 11.6 Å². The Morgan fingerprint density at radius 3 is 2.45 bits per heavy atom. The van der Waals surface area contributed by atoms with Gasteiger partial charge in [-0.1, -0.05) is 48.5 Å². The van der Waals surface area contributed by atoms with E-state index in [4.69, 9.17) is 5.11 Å². The van der Waals surface area contributed by atoms with Gasteiger partial charge >= 0.3 is 0 Å². The van der Waals surface area contributed by atoms with Gasteiger partial charge < -0.3 is 10.4 Å². The molecule has 0 radical (unpaired) electrons. The molecule has 2 aromatic rings. The highest BCUT2D eigenvalue weighted by Gasteiger charge is 2.06. The standard InChI is InChI=1S/C17H19NO2/c19-12-6-11-17(20)18-16-10-5-4-9-15(16)13-14-7-2-1-3-8-14/h1-5,7-10,19H,6,11-13H2,(H,18,20). The third-order valence-electron chi connectivity index (χ3n) is 3.09. The largest absolute Gasteiger partial charge is 0.396 e. The highest BCUT2D eigenvalue weighted by molar-refractivity contribution is 5.91. The van der Waals surface area contributed by atoms with Crippen LogP contribution in [0.25, 0.3) is 0 Å². The number of aliphatic hydroxyl groups excluding tert-OH is 1. The van der Waals surface area contributed by atoms with Gasteiger partial charge in [-0.2, -0.15) is 0 Å². The molecule has 2 N–H and O–H groups in total. The first-order chi connectivity index (χ1) is 9.79. The van der Waals surface area contributed by atoms with Crippen LogP contribution < -0.4 is 5.32 Å². The molecule has 104 valence electrons. The van der Waals surface area contributed by atoms with E-state index in [1.54, 1.807) is 0 Å². The maximum absolute atomic E-state index is 11.8. The fraction of sp³-hybridized carbons (Fsp3) is 0.235. The van der Waals surface area contributed by atoms with Crippen LogP contribution in [0.1, 0.15) is 24.0 Å². The number of hydrogen-bond donors (Lipinski definition) is 2. The predicted molar refractivity (Wildman–Crippen MR) is 80.6 cm³/mol. The minimum atomic E-state index is -0.0560. The molecule has 0 atom stereocenters. The number of carbonyl (C=O) groups is 1. The Kier molecular flexibility index (Phi) is 5.33. The third-order valence-corrected chi connectivity index (χ3v) is 3.09. The first-order valence-corrected chi connectivity index (χ1v) is 6.82. The number of para-hydroxylation sites is 1.